The van der Waals surface area contributed by atoms with E-state index in [2.05, 4.69) is 43.4 Å². The van der Waals surface area contributed by atoms with Crippen LogP contribution in [0, 0.1) is 12.8 Å². The molecule has 1 fully saturated rings. The molecule has 1 aromatic carbocycles. The van der Waals surface area contributed by atoms with Crippen molar-refractivity contribution < 1.29 is 4.79 Å². The lowest BCUT2D eigenvalue weighted by Gasteiger charge is -2.29. The molecule has 1 amide bonds. The van der Waals surface area contributed by atoms with E-state index in [0.717, 1.165) is 32.4 Å². The minimum atomic E-state index is 0.173. The van der Waals surface area contributed by atoms with E-state index in [4.69, 9.17) is 0 Å². The van der Waals surface area contributed by atoms with Gasteiger partial charge in [-0.15, -0.1) is 0 Å². The van der Waals surface area contributed by atoms with Gasteiger partial charge >= 0.3 is 0 Å². The number of benzene rings is 1. The highest BCUT2D eigenvalue weighted by Gasteiger charge is 2.28. The molecule has 2 atom stereocenters. The van der Waals surface area contributed by atoms with Crippen molar-refractivity contribution in [2.75, 3.05) is 20.1 Å². The van der Waals surface area contributed by atoms with Crippen LogP contribution in [0.2, 0.25) is 0 Å². The van der Waals surface area contributed by atoms with Crippen molar-refractivity contribution in [3.63, 3.8) is 0 Å². The van der Waals surface area contributed by atoms with E-state index in [1.165, 1.54) is 11.1 Å². The molecule has 1 N–H and O–H groups in total. The molecule has 0 saturated carbocycles. The quantitative estimate of drug-likeness (QED) is 0.894. The molecule has 1 saturated heterocycles. The van der Waals surface area contributed by atoms with Crippen molar-refractivity contribution in [2.45, 2.75) is 39.2 Å². The second-order valence-electron chi connectivity index (χ2n) is 5.89. The number of hydrogen-bond donors (Lipinski definition) is 1. The van der Waals surface area contributed by atoms with Gasteiger partial charge in [0.1, 0.15) is 0 Å². The second kappa shape index (κ2) is 6.89. The molecular formula is C17H26N2O. The fraction of sp³-hybridized carbons (Fsp3) is 0.588. The molecule has 20 heavy (non-hydrogen) atoms. The monoisotopic (exact) mass is 274 g/mol. The van der Waals surface area contributed by atoms with E-state index < -0.39 is 0 Å². The highest BCUT2D eigenvalue weighted by atomic mass is 16.2. The number of rotatable bonds is 5. The van der Waals surface area contributed by atoms with Crippen LogP contribution >= 0.6 is 0 Å². The molecule has 110 valence electrons. The summed E-state index contributed by atoms with van der Waals surface area (Å²) in [6, 6.07) is 8.93. The fourth-order valence-corrected chi connectivity index (χ4v) is 2.88. The zero-order chi connectivity index (χ0) is 14.5. The molecule has 2 unspecified atom stereocenters. The molecule has 3 heteroatoms. The Labute approximate surface area is 122 Å². The van der Waals surface area contributed by atoms with E-state index in [0.29, 0.717) is 11.9 Å². The summed E-state index contributed by atoms with van der Waals surface area (Å²) in [4.78, 5) is 14.4. The minimum Gasteiger partial charge on any atom is -0.342 e. The second-order valence-corrected chi connectivity index (χ2v) is 5.89. The lowest BCUT2D eigenvalue weighted by Crippen LogP contribution is -2.42. The van der Waals surface area contributed by atoms with Gasteiger partial charge in [0.2, 0.25) is 5.91 Å². The van der Waals surface area contributed by atoms with Crippen LogP contribution in [-0.4, -0.2) is 37.0 Å². The fourth-order valence-electron chi connectivity index (χ4n) is 2.88. The molecule has 0 aliphatic carbocycles. The topological polar surface area (TPSA) is 32.3 Å². The van der Waals surface area contributed by atoms with Crippen molar-refractivity contribution in [2.24, 2.45) is 5.92 Å². The number of nitrogens with zero attached hydrogens (tertiary/aromatic N) is 1. The number of carbonyl (C=O) groups is 1. The third-order valence-corrected chi connectivity index (χ3v) is 4.37. The Morgan fingerprint density at radius 2 is 2.10 bits per heavy atom. The number of hydrogen-bond acceptors (Lipinski definition) is 2. The molecule has 1 heterocycles. The van der Waals surface area contributed by atoms with E-state index in [1.807, 2.05) is 11.9 Å². The molecule has 0 bridgehead atoms. The van der Waals surface area contributed by atoms with Crippen molar-refractivity contribution in [3.8, 4) is 0 Å². The Morgan fingerprint density at radius 1 is 1.40 bits per heavy atom. The normalized spacial score (nSPS) is 19.9. The van der Waals surface area contributed by atoms with Gasteiger partial charge in [0.25, 0.3) is 0 Å². The molecule has 1 aliphatic heterocycles. The smallest absolute Gasteiger partial charge is 0.227 e. The predicted octanol–water partition coefficient (Wildman–Crippen LogP) is 2.38. The van der Waals surface area contributed by atoms with Crippen LogP contribution in [0.1, 0.15) is 30.9 Å². The summed E-state index contributed by atoms with van der Waals surface area (Å²) in [5.41, 5.74) is 2.59. The zero-order valence-electron chi connectivity index (χ0n) is 12.9. The summed E-state index contributed by atoms with van der Waals surface area (Å²) in [5, 5.41) is 3.27. The Bertz CT molecular complexity index is 435. The molecule has 1 aromatic rings. The Hall–Kier alpha value is -1.35. The van der Waals surface area contributed by atoms with Crippen LogP contribution < -0.4 is 5.32 Å². The molecule has 0 radical (unpaired) electrons. The average Bonchev–Trinajstić information content (AvgIpc) is 2.99. The standard InChI is InChI=1S/C17H26N2O/c1-4-16(11-14-7-5-13(2)6-8-14)19(3)17(20)15-9-10-18-12-15/h5-8,15-16,18H,4,9-12H2,1-3H3. The highest BCUT2D eigenvalue weighted by Crippen LogP contribution is 2.17. The summed E-state index contributed by atoms with van der Waals surface area (Å²) in [5.74, 6) is 0.473. The maximum absolute atomic E-state index is 12.5. The number of likely N-dealkylation sites (N-methyl/N-ethyl adjacent to an activating group) is 1. The van der Waals surface area contributed by atoms with Gasteiger partial charge in [-0.2, -0.15) is 0 Å². The van der Waals surface area contributed by atoms with E-state index in [-0.39, 0.29) is 5.92 Å². The van der Waals surface area contributed by atoms with Gasteiger partial charge in [0.15, 0.2) is 0 Å². The number of nitrogens with one attached hydrogen (secondary N) is 1. The van der Waals surface area contributed by atoms with Gasteiger partial charge in [0, 0.05) is 19.6 Å². The van der Waals surface area contributed by atoms with Crippen LogP contribution in [0.5, 0.6) is 0 Å². The first-order valence-electron chi connectivity index (χ1n) is 7.64. The van der Waals surface area contributed by atoms with E-state index in [1.54, 1.807) is 0 Å². The summed E-state index contributed by atoms with van der Waals surface area (Å²) < 4.78 is 0. The highest BCUT2D eigenvalue weighted by molar-refractivity contribution is 5.79. The molecule has 3 nitrogen and oxygen atoms in total. The third-order valence-electron chi connectivity index (χ3n) is 4.37. The van der Waals surface area contributed by atoms with Crippen LogP contribution in [0.25, 0.3) is 0 Å². The summed E-state index contributed by atoms with van der Waals surface area (Å²) >= 11 is 0. The van der Waals surface area contributed by atoms with Crippen LogP contribution in [0.15, 0.2) is 24.3 Å². The van der Waals surface area contributed by atoms with Gasteiger partial charge in [-0.3, -0.25) is 4.79 Å². The van der Waals surface area contributed by atoms with Crippen LogP contribution in [0.3, 0.4) is 0 Å². The summed E-state index contributed by atoms with van der Waals surface area (Å²) in [6.07, 6.45) is 2.92. The first kappa shape index (κ1) is 15.0. The lowest BCUT2D eigenvalue weighted by atomic mass is 9.99. The molecule has 0 aromatic heterocycles. The lowest BCUT2D eigenvalue weighted by molar-refractivity contribution is -0.135. The maximum Gasteiger partial charge on any atom is 0.227 e. The molecule has 2 rings (SSSR count). The van der Waals surface area contributed by atoms with E-state index in [9.17, 15) is 4.79 Å². The number of carbonyl (C=O) groups excluding carboxylic acids is 1. The number of aryl methyl sites for hydroxylation is 1. The van der Waals surface area contributed by atoms with Crippen molar-refractivity contribution >= 4 is 5.91 Å². The van der Waals surface area contributed by atoms with Crippen LogP contribution in [-0.2, 0) is 11.2 Å². The van der Waals surface area contributed by atoms with Gasteiger partial charge in [-0.05, 0) is 38.3 Å². The molecule has 0 spiro atoms. The third kappa shape index (κ3) is 3.60. The summed E-state index contributed by atoms with van der Waals surface area (Å²) in [7, 11) is 1.96. The Balaban J connectivity index is 1.99. The first-order chi connectivity index (χ1) is 9.61. The molecule has 1 aliphatic rings. The Kier molecular flexibility index (Phi) is 5.18. The SMILES string of the molecule is CCC(Cc1ccc(C)cc1)N(C)C(=O)C1CCNC1. The number of amides is 1. The Morgan fingerprint density at radius 3 is 2.65 bits per heavy atom. The average molecular weight is 274 g/mol. The first-order valence-corrected chi connectivity index (χ1v) is 7.64. The van der Waals surface area contributed by atoms with Gasteiger partial charge in [0.05, 0.1) is 5.92 Å². The van der Waals surface area contributed by atoms with Crippen LogP contribution in [0.4, 0.5) is 0 Å². The maximum atomic E-state index is 12.5. The predicted molar refractivity (Wildman–Crippen MR) is 82.7 cm³/mol. The summed E-state index contributed by atoms with van der Waals surface area (Å²) in [6.45, 7) is 6.07. The molecular weight excluding hydrogens is 248 g/mol. The van der Waals surface area contributed by atoms with Crippen molar-refractivity contribution in [1.82, 2.24) is 10.2 Å². The van der Waals surface area contributed by atoms with Gasteiger partial charge in [-0.1, -0.05) is 36.8 Å². The van der Waals surface area contributed by atoms with Gasteiger partial charge in [-0.25, -0.2) is 0 Å². The van der Waals surface area contributed by atoms with Crippen molar-refractivity contribution in [1.29, 1.82) is 0 Å². The zero-order valence-corrected chi connectivity index (χ0v) is 12.9. The van der Waals surface area contributed by atoms with E-state index >= 15 is 0 Å². The largest absolute Gasteiger partial charge is 0.342 e. The minimum absolute atomic E-state index is 0.173. The van der Waals surface area contributed by atoms with Gasteiger partial charge < -0.3 is 10.2 Å². The van der Waals surface area contributed by atoms with Crippen molar-refractivity contribution in [3.05, 3.63) is 35.4 Å².